The van der Waals surface area contributed by atoms with E-state index in [-0.39, 0.29) is 28.5 Å². The minimum Gasteiger partial charge on any atom is -0.329 e. The highest BCUT2D eigenvalue weighted by atomic mass is 35.5. The van der Waals surface area contributed by atoms with Crippen LogP contribution >= 0.6 is 24.0 Å². The van der Waals surface area contributed by atoms with Gasteiger partial charge in [0.05, 0.1) is 11.2 Å². The minimum absolute atomic E-state index is 0. The Morgan fingerprint density at radius 3 is 2.74 bits per heavy atom. The van der Waals surface area contributed by atoms with Gasteiger partial charge in [-0.1, -0.05) is 18.0 Å². The Kier molecular flexibility index (Phi) is 5.64. The van der Waals surface area contributed by atoms with Gasteiger partial charge in [-0.2, -0.15) is 9.40 Å². The zero-order chi connectivity index (χ0) is 13.3. The van der Waals surface area contributed by atoms with E-state index < -0.39 is 10.0 Å². The molecule has 9 heteroatoms. The number of hydrogen-bond acceptors (Lipinski definition) is 4. The van der Waals surface area contributed by atoms with Crippen LogP contribution in [0.3, 0.4) is 0 Å². The van der Waals surface area contributed by atoms with Crippen molar-refractivity contribution in [1.82, 2.24) is 14.1 Å². The molecule has 110 valence electrons. The molecular formula is C10H18Cl2N4O2S. The summed E-state index contributed by atoms with van der Waals surface area (Å²) < 4.78 is 27.9. The van der Waals surface area contributed by atoms with Gasteiger partial charge in [0, 0.05) is 26.2 Å². The van der Waals surface area contributed by atoms with Crippen LogP contribution in [0.25, 0.3) is 0 Å². The van der Waals surface area contributed by atoms with Crippen molar-refractivity contribution in [3.8, 4) is 0 Å². The molecule has 0 amide bonds. The Hall–Kier alpha value is -0.340. The SMILES string of the molecule is Cl.Cn1ncc(Cl)c1S(=O)(=O)N1CCCCC1CN. The molecule has 6 nitrogen and oxygen atoms in total. The smallest absolute Gasteiger partial charge is 0.262 e. The van der Waals surface area contributed by atoms with E-state index >= 15 is 0 Å². The van der Waals surface area contributed by atoms with Crippen molar-refractivity contribution in [3.05, 3.63) is 11.2 Å². The molecule has 1 aromatic rings. The first-order valence-corrected chi connectivity index (χ1v) is 7.69. The number of nitrogens with two attached hydrogens (primary N) is 1. The lowest BCUT2D eigenvalue weighted by atomic mass is 10.1. The van der Waals surface area contributed by atoms with Gasteiger partial charge in [-0.05, 0) is 12.8 Å². The number of piperidine rings is 1. The van der Waals surface area contributed by atoms with Crippen molar-refractivity contribution in [2.24, 2.45) is 12.8 Å². The minimum atomic E-state index is -3.62. The van der Waals surface area contributed by atoms with Crippen LogP contribution < -0.4 is 5.73 Å². The molecule has 1 atom stereocenters. The van der Waals surface area contributed by atoms with Crippen LogP contribution in [0, 0.1) is 0 Å². The highest BCUT2D eigenvalue weighted by molar-refractivity contribution is 7.89. The maximum absolute atomic E-state index is 12.6. The Bertz CT molecular complexity index is 512. The lowest BCUT2D eigenvalue weighted by Crippen LogP contribution is -2.47. The van der Waals surface area contributed by atoms with Gasteiger partial charge < -0.3 is 5.73 Å². The van der Waals surface area contributed by atoms with Crippen molar-refractivity contribution in [2.45, 2.75) is 30.3 Å². The summed E-state index contributed by atoms with van der Waals surface area (Å²) >= 11 is 5.92. The van der Waals surface area contributed by atoms with E-state index in [2.05, 4.69) is 5.10 Å². The van der Waals surface area contributed by atoms with Gasteiger partial charge in [0.1, 0.15) is 0 Å². The Balaban J connectivity index is 0.00000180. The van der Waals surface area contributed by atoms with Crippen molar-refractivity contribution in [2.75, 3.05) is 13.1 Å². The summed E-state index contributed by atoms with van der Waals surface area (Å²) in [6.07, 6.45) is 4.00. The van der Waals surface area contributed by atoms with Gasteiger partial charge in [0.15, 0.2) is 5.03 Å². The quantitative estimate of drug-likeness (QED) is 0.897. The molecule has 0 aromatic carbocycles. The number of rotatable bonds is 3. The molecule has 1 aromatic heterocycles. The number of aromatic nitrogens is 2. The van der Waals surface area contributed by atoms with Crippen LogP contribution in [0.5, 0.6) is 0 Å². The molecule has 1 aliphatic rings. The molecule has 0 bridgehead atoms. The molecule has 1 saturated heterocycles. The van der Waals surface area contributed by atoms with Gasteiger partial charge in [-0.15, -0.1) is 12.4 Å². The monoisotopic (exact) mass is 328 g/mol. The van der Waals surface area contributed by atoms with Crippen molar-refractivity contribution >= 4 is 34.0 Å². The molecule has 0 aliphatic carbocycles. The highest BCUT2D eigenvalue weighted by Crippen LogP contribution is 2.28. The summed E-state index contributed by atoms with van der Waals surface area (Å²) in [5.41, 5.74) is 5.66. The molecule has 2 rings (SSSR count). The van der Waals surface area contributed by atoms with E-state index in [4.69, 9.17) is 17.3 Å². The first-order chi connectivity index (χ1) is 8.48. The summed E-state index contributed by atoms with van der Waals surface area (Å²) in [6, 6.07) is -0.144. The molecule has 0 saturated carbocycles. The van der Waals surface area contributed by atoms with Gasteiger partial charge in [0.2, 0.25) is 0 Å². The van der Waals surface area contributed by atoms with Crippen LogP contribution in [0.1, 0.15) is 19.3 Å². The van der Waals surface area contributed by atoms with Gasteiger partial charge in [0.25, 0.3) is 10.0 Å². The fourth-order valence-corrected chi connectivity index (χ4v) is 4.64. The largest absolute Gasteiger partial charge is 0.329 e. The molecule has 2 heterocycles. The normalized spacial score (nSPS) is 21.1. The first kappa shape index (κ1) is 16.7. The maximum atomic E-state index is 12.6. The Morgan fingerprint density at radius 1 is 1.53 bits per heavy atom. The molecule has 1 fully saturated rings. The van der Waals surface area contributed by atoms with E-state index in [1.54, 1.807) is 7.05 Å². The predicted molar refractivity (Wildman–Crippen MR) is 76.1 cm³/mol. The second-order valence-corrected chi connectivity index (χ2v) is 6.64. The number of halogens is 2. The van der Waals surface area contributed by atoms with Crippen LogP contribution in [-0.2, 0) is 17.1 Å². The van der Waals surface area contributed by atoms with Gasteiger partial charge in [-0.3, -0.25) is 4.68 Å². The van der Waals surface area contributed by atoms with E-state index in [0.29, 0.717) is 13.1 Å². The van der Waals surface area contributed by atoms with Crippen molar-refractivity contribution < 1.29 is 8.42 Å². The highest BCUT2D eigenvalue weighted by Gasteiger charge is 2.36. The van der Waals surface area contributed by atoms with Crippen LogP contribution in [0.15, 0.2) is 11.2 Å². The third kappa shape index (κ3) is 3.05. The molecule has 0 radical (unpaired) electrons. The average molecular weight is 329 g/mol. The summed E-state index contributed by atoms with van der Waals surface area (Å²) in [6.45, 7) is 0.820. The Morgan fingerprint density at radius 2 is 2.21 bits per heavy atom. The predicted octanol–water partition coefficient (Wildman–Crippen LogP) is 0.997. The summed E-state index contributed by atoms with van der Waals surface area (Å²) in [4.78, 5) is 0. The van der Waals surface area contributed by atoms with Gasteiger partial charge >= 0.3 is 0 Å². The zero-order valence-corrected chi connectivity index (χ0v) is 13.0. The molecule has 0 spiro atoms. The molecular weight excluding hydrogens is 311 g/mol. The number of hydrogen-bond donors (Lipinski definition) is 1. The van der Waals surface area contributed by atoms with E-state index in [1.807, 2.05) is 0 Å². The van der Waals surface area contributed by atoms with Gasteiger partial charge in [-0.25, -0.2) is 8.42 Å². The standard InChI is InChI=1S/C10H17ClN4O2S.ClH/c1-14-10(9(11)7-13-14)18(16,17)15-5-3-2-4-8(15)6-12;/h7-8H,2-6,12H2,1H3;1H. The number of aryl methyl sites for hydroxylation is 1. The molecule has 2 N–H and O–H groups in total. The zero-order valence-electron chi connectivity index (χ0n) is 10.6. The van der Waals surface area contributed by atoms with Crippen LogP contribution in [0.4, 0.5) is 0 Å². The lowest BCUT2D eigenvalue weighted by Gasteiger charge is -2.33. The summed E-state index contributed by atoms with van der Waals surface area (Å²) in [7, 11) is -2.05. The third-order valence-corrected chi connectivity index (χ3v) is 5.70. The second-order valence-electron chi connectivity index (χ2n) is 4.42. The van der Waals surface area contributed by atoms with Crippen molar-refractivity contribution in [3.63, 3.8) is 0 Å². The molecule has 19 heavy (non-hydrogen) atoms. The van der Waals surface area contributed by atoms with E-state index in [9.17, 15) is 8.42 Å². The fraction of sp³-hybridized carbons (Fsp3) is 0.700. The van der Waals surface area contributed by atoms with E-state index in [1.165, 1.54) is 15.2 Å². The van der Waals surface area contributed by atoms with E-state index in [0.717, 1.165) is 19.3 Å². The Labute approximate surface area is 124 Å². The van der Waals surface area contributed by atoms with Crippen LogP contribution in [0.2, 0.25) is 5.02 Å². The summed E-state index contributed by atoms with van der Waals surface area (Å²) in [5, 5.41) is 4.07. The van der Waals surface area contributed by atoms with Crippen LogP contribution in [-0.4, -0.2) is 41.6 Å². The second kappa shape index (κ2) is 6.41. The fourth-order valence-electron chi connectivity index (χ4n) is 2.33. The maximum Gasteiger partial charge on any atom is 0.262 e. The number of nitrogens with zero attached hydrogens (tertiary/aromatic N) is 3. The number of sulfonamides is 1. The lowest BCUT2D eigenvalue weighted by molar-refractivity contribution is 0.256. The van der Waals surface area contributed by atoms with Crippen molar-refractivity contribution in [1.29, 1.82) is 0 Å². The molecule has 1 unspecified atom stereocenters. The first-order valence-electron chi connectivity index (χ1n) is 5.88. The topological polar surface area (TPSA) is 81.2 Å². The molecule has 1 aliphatic heterocycles. The average Bonchev–Trinajstić information content (AvgIpc) is 2.69. The third-order valence-electron chi connectivity index (χ3n) is 3.24. The summed E-state index contributed by atoms with van der Waals surface area (Å²) in [5.74, 6) is 0.